The Kier molecular flexibility index (Phi) is 7.09. The zero-order valence-corrected chi connectivity index (χ0v) is 18.0. The zero-order valence-electron chi connectivity index (χ0n) is 17.2. The summed E-state index contributed by atoms with van der Waals surface area (Å²) in [6, 6.07) is 3.45. The average Bonchev–Trinajstić information content (AvgIpc) is 2.72. The molecule has 1 aromatic rings. The van der Waals surface area contributed by atoms with E-state index < -0.39 is 16.1 Å². The van der Waals surface area contributed by atoms with Gasteiger partial charge in [-0.2, -0.15) is 4.72 Å². The molecule has 0 saturated carbocycles. The minimum Gasteiger partial charge on any atom is -0.377 e. The van der Waals surface area contributed by atoms with Crippen molar-refractivity contribution in [3.05, 3.63) is 23.8 Å². The second-order valence-electron chi connectivity index (χ2n) is 7.36. The van der Waals surface area contributed by atoms with Crippen molar-refractivity contribution in [2.45, 2.75) is 30.8 Å². The number of benzene rings is 1. The van der Waals surface area contributed by atoms with E-state index in [2.05, 4.69) is 4.72 Å². The van der Waals surface area contributed by atoms with Crippen LogP contribution >= 0.6 is 0 Å². The molecular weight excluding hydrogens is 412 g/mol. The third-order valence-corrected chi connectivity index (χ3v) is 6.92. The lowest BCUT2D eigenvalue weighted by Gasteiger charge is -2.35. The molecule has 2 amide bonds. The average molecular weight is 441 g/mol. The van der Waals surface area contributed by atoms with Gasteiger partial charge >= 0.3 is 0 Å². The number of rotatable bonds is 6. The zero-order chi connectivity index (χ0) is 21.9. The van der Waals surface area contributed by atoms with E-state index in [1.807, 2.05) is 6.92 Å². The Hall–Kier alpha value is -2.05. The van der Waals surface area contributed by atoms with Crippen molar-refractivity contribution in [3.8, 4) is 0 Å². The molecule has 10 nitrogen and oxygen atoms in total. The van der Waals surface area contributed by atoms with Gasteiger partial charge in [-0.25, -0.2) is 8.42 Å². The summed E-state index contributed by atoms with van der Waals surface area (Å²) < 4.78 is 39.2. The maximum atomic E-state index is 13.1. The van der Waals surface area contributed by atoms with Gasteiger partial charge in [-0.05, 0) is 31.5 Å². The van der Waals surface area contributed by atoms with Crippen LogP contribution in [0.1, 0.15) is 12.5 Å². The Morgan fingerprint density at radius 2 is 2.03 bits per heavy atom. The number of anilines is 1. The minimum absolute atomic E-state index is 0.000526. The smallest absolute Gasteiger partial charge is 0.253 e. The molecule has 2 saturated heterocycles. The Balaban J connectivity index is 1.84. The van der Waals surface area contributed by atoms with Crippen molar-refractivity contribution in [1.82, 2.24) is 9.62 Å². The summed E-state index contributed by atoms with van der Waals surface area (Å²) in [6.45, 7) is 5.14. The van der Waals surface area contributed by atoms with Crippen LogP contribution < -0.4 is 15.4 Å². The first-order valence-corrected chi connectivity index (χ1v) is 11.3. The van der Waals surface area contributed by atoms with Crippen molar-refractivity contribution in [2.75, 3.05) is 51.0 Å². The third kappa shape index (κ3) is 4.65. The van der Waals surface area contributed by atoms with Gasteiger partial charge < -0.3 is 25.0 Å². The first kappa shape index (κ1) is 22.6. The SMILES string of the molecule is Cc1c(N2CCOCC2=O)cccc1S(=O)(=O)N[C@@H](CN)C(=O)N1CCOC[C@@H]1C. The number of nitrogens with two attached hydrogens (primary N) is 1. The minimum atomic E-state index is -4.06. The second kappa shape index (κ2) is 9.40. The number of carbonyl (C=O) groups excluding carboxylic acids is 2. The summed E-state index contributed by atoms with van der Waals surface area (Å²) in [4.78, 5) is 28.2. The molecule has 0 bridgehead atoms. The summed E-state index contributed by atoms with van der Waals surface area (Å²) in [5.74, 6) is -0.614. The maximum absolute atomic E-state index is 13.1. The molecule has 3 rings (SSSR count). The van der Waals surface area contributed by atoms with E-state index in [4.69, 9.17) is 15.2 Å². The summed E-state index contributed by atoms with van der Waals surface area (Å²) in [5, 5.41) is 0. The van der Waals surface area contributed by atoms with Crippen molar-refractivity contribution in [1.29, 1.82) is 0 Å². The molecular formula is C19H28N4O6S. The van der Waals surface area contributed by atoms with Gasteiger partial charge in [-0.15, -0.1) is 0 Å². The van der Waals surface area contributed by atoms with Gasteiger partial charge in [0.2, 0.25) is 15.9 Å². The van der Waals surface area contributed by atoms with Crippen LogP contribution in [0.2, 0.25) is 0 Å². The van der Waals surface area contributed by atoms with Crippen LogP contribution in [0.4, 0.5) is 5.69 Å². The van der Waals surface area contributed by atoms with Crippen molar-refractivity contribution in [2.24, 2.45) is 5.73 Å². The highest BCUT2D eigenvalue weighted by atomic mass is 32.2. The molecule has 0 aliphatic carbocycles. The van der Waals surface area contributed by atoms with Crippen LogP contribution in [-0.4, -0.2) is 83.3 Å². The Morgan fingerprint density at radius 1 is 1.30 bits per heavy atom. The fourth-order valence-corrected chi connectivity index (χ4v) is 5.13. The highest BCUT2D eigenvalue weighted by Crippen LogP contribution is 2.27. The summed E-state index contributed by atoms with van der Waals surface area (Å²) >= 11 is 0. The lowest BCUT2D eigenvalue weighted by molar-refractivity contribution is -0.140. The Bertz CT molecular complexity index is 906. The van der Waals surface area contributed by atoms with E-state index in [1.54, 1.807) is 24.0 Å². The molecule has 0 radical (unpaired) electrons. The topological polar surface area (TPSA) is 131 Å². The molecule has 1 aromatic carbocycles. The molecule has 0 unspecified atom stereocenters. The number of morpholine rings is 2. The molecule has 2 atom stereocenters. The molecule has 2 aliphatic rings. The van der Waals surface area contributed by atoms with Crippen LogP contribution in [0.3, 0.4) is 0 Å². The van der Waals surface area contributed by atoms with E-state index in [9.17, 15) is 18.0 Å². The molecule has 2 aliphatic heterocycles. The normalized spacial score (nSPS) is 21.6. The molecule has 0 spiro atoms. The second-order valence-corrected chi connectivity index (χ2v) is 9.05. The number of nitrogens with one attached hydrogen (secondary N) is 1. The highest BCUT2D eigenvalue weighted by Gasteiger charge is 2.33. The van der Waals surface area contributed by atoms with Gasteiger partial charge in [-0.1, -0.05) is 6.07 Å². The number of hydrogen-bond donors (Lipinski definition) is 2. The van der Waals surface area contributed by atoms with Gasteiger partial charge in [0.15, 0.2) is 0 Å². The number of hydrogen-bond acceptors (Lipinski definition) is 7. The van der Waals surface area contributed by atoms with Gasteiger partial charge in [-0.3, -0.25) is 9.59 Å². The first-order chi connectivity index (χ1) is 14.3. The fraction of sp³-hybridized carbons (Fsp3) is 0.579. The van der Waals surface area contributed by atoms with Crippen LogP contribution in [-0.2, 0) is 29.1 Å². The number of carbonyl (C=O) groups is 2. The Morgan fingerprint density at radius 3 is 2.70 bits per heavy atom. The Labute approximate surface area is 176 Å². The predicted molar refractivity (Wildman–Crippen MR) is 110 cm³/mol. The number of ether oxygens (including phenoxy) is 2. The van der Waals surface area contributed by atoms with Crippen LogP contribution in [0.5, 0.6) is 0 Å². The van der Waals surface area contributed by atoms with Gasteiger partial charge in [0.1, 0.15) is 12.6 Å². The standard InChI is InChI=1S/C19H28N4O6S/c1-13-11-28-8-6-22(13)19(25)15(10-20)21-30(26,27)17-5-3-4-16(14(17)2)23-7-9-29-12-18(23)24/h3-5,13,15,21H,6-12,20H2,1-2H3/t13-,15-/m0/s1. The van der Waals surface area contributed by atoms with Crippen molar-refractivity contribution >= 4 is 27.5 Å². The lowest BCUT2D eigenvalue weighted by Crippen LogP contribution is -2.57. The summed E-state index contributed by atoms with van der Waals surface area (Å²) in [5.41, 5.74) is 6.66. The molecule has 0 aromatic heterocycles. The molecule has 2 heterocycles. The van der Waals surface area contributed by atoms with Gasteiger partial charge in [0, 0.05) is 25.3 Å². The van der Waals surface area contributed by atoms with E-state index in [0.29, 0.717) is 44.2 Å². The first-order valence-electron chi connectivity index (χ1n) is 9.84. The molecule has 2 fully saturated rings. The van der Waals surface area contributed by atoms with Gasteiger partial charge in [0.25, 0.3) is 5.91 Å². The van der Waals surface area contributed by atoms with E-state index in [1.165, 1.54) is 11.0 Å². The predicted octanol–water partition coefficient (Wildman–Crippen LogP) is -0.789. The quantitative estimate of drug-likeness (QED) is 0.593. The highest BCUT2D eigenvalue weighted by molar-refractivity contribution is 7.89. The molecule has 30 heavy (non-hydrogen) atoms. The van der Waals surface area contributed by atoms with E-state index in [0.717, 1.165) is 0 Å². The number of amides is 2. The monoisotopic (exact) mass is 440 g/mol. The van der Waals surface area contributed by atoms with Crippen LogP contribution in [0.25, 0.3) is 0 Å². The molecule has 3 N–H and O–H groups in total. The number of nitrogens with zero attached hydrogens (tertiary/aromatic N) is 2. The lowest BCUT2D eigenvalue weighted by atomic mass is 10.1. The van der Waals surface area contributed by atoms with Crippen molar-refractivity contribution in [3.63, 3.8) is 0 Å². The van der Waals surface area contributed by atoms with Crippen LogP contribution in [0.15, 0.2) is 23.1 Å². The fourth-order valence-electron chi connectivity index (χ4n) is 3.66. The van der Waals surface area contributed by atoms with Crippen LogP contribution in [0, 0.1) is 6.92 Å². The number of sulfonamides is 1. The van der Waals surface area contributed by atoms with E-state index >= 15 is 0 Å². The van der Waals surface area contributed by atoms with Crippen molar-refractivity contribution < 1.29 is 27.5 Å². The molecule has 166 valence electrons. The van der Waals surface area contributed by atoms with E-state index in [-0.39, 0.29) is 35.9 Å². The maximum Gasteiger partial charge on any atom is 0.253 e. The third-order valence-electron chi connectivity index (χ3n) is 5.30. The van der Waals surface area contributed by atoms with Gasteiger partial charge in [0.05, 0.1) is 30.8 Å². The summed E-state index contributed by atoms with van der Waals surface area (Å²) in [7, 11) is -4.06. The summed E-state index contributed by atoms with van der Waals surface area (Å²) in [6.07, 6.45) is 0. The largest absolute Gasteiger partial charge is 0.377 e. The molecule has 11 heteroatoms.